The van der Waals surface area contributed by atoms with E-state index in [4.69, 9.17) is 9.47 Å². The molecule has 0 radical (unpaired) electrons. The van der Waals surface area contributed by atoms with E-state index in [9.17, 15) is 4.79 Å². The zero-order valence-electron chi connectivity index (χ0n) is 16.4. The molecule has 0 atom stereocenters. The molecule has 0 bridgehead atoms. The molecule has 3 nitrogen and oxygen atoms in total. The van der Waals surface area contributed by atoms with Crippen LogP contribution in [-0.2, 0) is 0 Å². The van der Waals surface area contributed by atoms with Crippen molar-refractivity contribution in [2.75, 3.05) is 14.2 Å². The molecule has 0 saturated heterocycles. The normalized spacial score (nSPS) is 10.7. The van der Waals surface area contributed by atoms with E-state index in [0.717, 1.165) is 12.8 Å². The number of unbranched alkanes of at least 4 members (excludes halogenated alkanes) is 10. The Balaban J connectivity index is 2.15. The topological polar surface area (TPSA) is 35.5 Å². The van der Waals surface area contributed by atoms with Crippen molar-refractivity contribution < 1.29 is 14.3 Å². The first-order valence-electron chi connectivity index (χ1n) is 9.98. The molecule has 1 aromatic carbocycles. The molecular weight excluding hydrogens is 312 g/mol. The summed E-state index contributed by atoms with van der Waals surface area (Å²) in [7, 11) is 3.21. The molecule has 0 aliphatic rings. The van der Waals surface area contributed by atoms with Gasteiger partial charge in [0.1, 0.15) is 11.5 Å². The summed E-state index contributed by atoms with van der Waals surface area (Å²) in [5.41, 5.74) is 0.633. The highest BCUT2D eigenvalue weighted by molar-refractivity contribution is 5.99. The van der Waals surface area contributed by atoms with Crippen LogP contribution < -0.4 is 9.47 Å². The Morgan fingerprint density at radius 2 is 1.36 bits per heavy atom. The van der Waals surface area contributed by atoms with E-state index in [1.807, 2.05) is 6.07 Å². The summed E-state index contributed by atoms with van der Waals surface area (Å²) >= 11 is 0. The Hall–Kier alpha value is -1.51. The molecule has 0 saturated carbocycles. The van der Waals surface area contributed by atoms with Crippen LogP contribution in [0.15, 0.2) is 18.2 Å². The number of methoxy groups -OCH3 is 2. The zero-order valence-corrected chi connectivity index (χ0v) is 16.4. The third kappa shape index (κ3) is 8.94. The highest BCUT2D eigenvalue weighted by Crippen LogP contribution is 2.26. The summed E-state index contributed by atoms with van der Waals surface area (Å²) in [5.74, 6) is 1.48. The second-order valence-corrected chi connectivity index (χ2v) is 6.77. The van der Waals surface area contributed by atoms with Crippen LogP contribution in [-0.4, -0.2) is 20.0 Å². The first kappa shape index (κ1) is 21.5. The lowest BCUT2D eigenvalue weighted by molar-refractivity contribution is 0.0975. The van der Waals surface area contributed by atoms with Crippen molar-refractivity contribution in [3.8, 4) is 11.5 Å². The van der Waals surface area contributed by atoms with Crippen molar-refractivity contribution in [1.82, 2.24) is 0 Å². The van der Waals surface area contributed by atoms with Crippen LogP contribution in [0.3, 0.4) is 0 Å². The summed E-state index contributed by atoms with van der Waals surface area (Å²) in [5, 5.41) is 0. The molecule has 0 aliphatic carbocycles. The molecule has 0 spiro atoms. The van der Waals surface area contributed by atoms with Gasteiger partial charge < -0.3 is 9.47 Å². The maximum atomic E-state index is 12.4. The predicted molar refractivity (Wildman–Crippen MR) is 105 cm³/mol. The minimum Gasteiger partial charge on any atom is -0.497 e. The molecule has 142 valence electrons. The molecule has 0 fully saturated rings. The first-order valence-corrected chi connectivity index (χ1v) is 9.98. The third-order valence-corrected chi connectivity index (χ3v) is 4.71. The molecule has 0 aliphatic heterocycles. The van der Waals surface area contributed by atoms with Crippen LogP contribution in [0.4, 0.5) is 0 Å². The van der Waals surface area contributed by atoms with Crippen molar-refractivity contribution in [3.05, 3.63) is 23.8 Å². The Morgan fingerprint density at radius 1 is 0.800 bits per heavy atom. The molecule has 1 aromatic rings. The fourth-order valence-electron chi connectivity index (χ4n) is 3.12. The summed E-state index contributed by atoms with van der Waals surface area (Å²) < 4.78 is 10.5. The van der Waals surface area contributed by atoms with Crippen molar-refractivity contribution in [1.29, 1.82) is 0 Å². The van der Waals surface area contributed by atoms with Crippen LogP contribution in [0.25, 0.3) is 0 Å². The fourth-order valence-corrected chi connectivity index (χ4v) is 3.12. The number of rotatable bonds is 15. The lowest BCUT2D eigenvalue weighted by atomic mass is 10.0. The number of carbonyl (C=O) groups excluding carboxylic acids is 1. The lowest BCUT2D eigenvalue weighted by Crippen LogP contribution is -2.03. The van der Waals surface area contributed by atoms with E-state index < -0.39 is 0 Å². The van der Waals surface area contributed by atoms with Gasteiger partial charge in [0, 0.05) is 6.42 Å². The van der Waals surface area contributed by atoms with E-state index >= 15 is 0 Å². The molecule has 3 heteroatoms. The molecule has 0 aromatic heterocycles. The van der Waals surface area contributed by atoms with Gasteiger partial charge in [-0.05, 0) is 24.6 Å². The lowest BCUT2D eigenvalue weighted by Gasteiger charge is -2.09. The summed E-state index contributed by atoms with van der Waals surface area (Å²) in [6, 6.07) is 5.39. The van der Waals surface area contributed by atoms with Crippen LogP contribution in [0.5, 0.6) is 11.5 Å². The highest BCUT2D eigenvalue weighted by atomic mass is 16.5. The standard InChI is InChI=1S/C22H36O3/c1-4-5-6-7-8-9-10-11-12-13-14-15-21(23)20-18-19(24-2)16-17-22(20)25-3/h16-18H,4-15H2,1-3H3. The second-order valence-electron chi connectivity index (χ2n) is 6.77. The van der Waals surface area contributed by atoms with Crippen LogP contribution in [0.2, 0.25) is 0 Å². The van der Waals surface area contributed by atoms with E-state index in [0.29, 0.717) is 23.5 Å². The van der Waals surface area contributed by atoms with E-state index in [-0.39, 0.29) is 5.78 Å². The summed E-state index contributed by atoms with van der Waals surface area (Å²) in [6.45, 7) is 2.26. The van der Waals surface area contributed by atoms with Gasteiger partial charge in [-0.3, -0.25) is 4.79 Å². The molecule has 25 heavy (non-hydrogen) atoms. The monoisotopic (exact) mass is 348 g/mol. The average molecular weight is 349 g/mol. The van der Waals surface area contributed by atoms with Crippen LogP contribution in [0, 0.1) is 0 Å². The number of benzene rings is 1. The third-order valence-electron chi connectivity index (χ3n) is 4.71. The molecular formula is C22H36O3. The number of Topliss-reactive ketones (excluding diaryl/α,β-unsaturated/α-hetero) is 1. The van der Waals surface area contributed by atoms with Gasteiger partial charge in [0.25, 0.3) is 0 Å². The first-order chi connectivity index (χ1) is 12.2. The van der Waals surface area contributed by atoms with Gasteiger partial charge in [-0.2, -0.15) is 0 Å². The fraction of sp³-hybridized carbons (Fsp3) is 0.682. The second kappa shape index (κ2) is 13.7. The maximum Gasteiger partial charge on any atom is 0.166 e. The minimum atomic E-state index is 0.145. The zero-order chi connectivity index (χ0) is 18.3. The van der Waals surface area contributed by atoms with Crippen molar-refractivity contribution >= 4 is 5.78 Å². The van der Waals surface area contributed by atoms with Crippen molar-refractivity contribution in [2.24, 2.45) is 0 Å². The molecule has 0 amide bonds. The Bertz CT molecular complexity index is 482. The molecule has 0 unspecified atom stereocenters. The van der Waals surface area contributed by atoms with Gasteiger partial charge in [0.2, 0.25) is 0 Å². The summed E-state index contributed by atoms with van der Waals surface area (Å²) in [4.78, 5) is 12.4. The van der Waals surface area contributed by atoms with Gasteiger partial charge in [-0.15, -0.1) is 0 Å². The smallest absolute Gasteiger partial charge is 0.166 e. The highest BCUT2D eigenvalue weighted by Gasteiger charge is 2.13. The number of carbonyl (C=O) groups is 1. The summed E-state index contributed by atoms with van der Waals surface area (Å²) in [6.07, 6.45) is 14.8. The Morgan fingerprint density at radius 3 is 1.88 bits per heavy atom. The average Bonchev–Trinajstić information content (AvgIpc) is 2.65. The van der Waals surface area contributed by atoms with Gasteiger partial charge in [-0.25, -0.2) is 0 Å². The number of hydrogen-bond donors (Lipinski definition) is 0. The minimum absolute atomic E-state index is 0.145. The van der Waals surface area contributed by atoms with Crippen molar-refractivity contribution in [3.63, 3.8) is 0 Å². The molecule has 0 heterocycles. The Kier molecular flexibility index (Phi) is 11.8. The van der Waals surface area contributed by atoms with E-state index in [1.165, 1.54) is 57.8 Å². The predicted octanol–water partition coefficient (Wildman–Crippen LogP) is 6.59. The number of ketones is 1. The molecule has 0 N–H and O–H groups in total. The maximum absolute atomic E-state index is 12.4. The van der Waals surface area contributed by atoms with Gasteiger partial charge in [0.05, 0.1) is 19.8 Å². The van der Waals surface area contributed by atoms with Crippen LogP contribution in [0.1, 0.15) is 94.3 Å². The quantitative estimate of drug-likeness (QED) is 0.265. The van der Waals surface area contributed by atoms with Gasteiger partial charge >= 0.3 is 0 Å². The molecule has 1 rings (SSSR count). The largest absolute Gasteiger partial charge is 0.497 e. The SMILES string of the molecule is CCCCCCCCCCCCCC(=O)c1cc(OC)ccc1OC. The van der Waals surface area contributed by atoms with Crippen LogP contribution >= 0.6 is 0 Å². The van der Waals surface area contributed by atoms with E-state index in [1.54, 1.807) is 26.4 Å². The van der Waals surface area contributed by atoms with E-state index in [2.05, 4.69) is 6.92 Å². The van der Waals surface area contributed by atoms with Gasteiger partial charge in [-0.1, -0.05) is 71.1 Å². The Labute approximate surface area is 154 Å². The van der Waals surface area contributed by atoms with Gasteiger partial charge in [0.15, 0.2) is 5.78 Å². The number of hydrogen-bond acceptors (Lipinski definition) is 3. The van der Waals surface area contributed by atoms with Crippen molar-refractivity contribution in [2.45, 2.75) is 84.0 Å². The number of ether oxygens (including phenoxy) is 2.